The number of rotatable bonds is 4. The molecule has 0 saturated carbocycles. The molecule has 0 bridgehead atoms. The average Bonchev–Trinajstić information content (AvgIpc) is 2.55. The number of H-pyrrole nitrogens is 1. The Hall–Kier alpha value is -1.93. The number of anilines is 1. The van der Waals surface area contributed by atoms with Gasteiger partial charge in [0.1, 0.15) is 0 Å². The molecule has 2 aromatic rings. The van der Waals surface area contributed by atoms with E-state index in [1.165, 1.54) is 4.57 Å². The number of aromatic amines is 1. The molecule has 0 amide bonds. The van der Waals surface area contributed by atoms with Gasteiger partial charge >= 0.3 is 11.4 Å². The molecule has 1 aliphatic heterocycles. The number of ether oxygens (including phenoxy) is 1. The van der Waals surface area contributed by atoms with E-state index < -0.39 is 11.4 Å². The van der Waals surface area contributed by atoms with Gasteiger partial charge in [-0.3, -0.25) is 4.98 Å². The highest BCUT2D eigenvalue weighted by Crippen LogP contribution is 2.20. The molecule has 1 aliphatic rings. The summed E-state index contributed by atoms with van der Waals surface area (Å²) in [6, 6.07) is 7.54. The normalized spacial score (nSPS) is 16.8. The molecular weight excluding hydrogens is 376 g/mol. The van der Waals surface area contributed by atoms with Gasteiger partial charge in [-0.05, 0) is 37.5 Å². The maximum absolute atomic E-state index is 12.3. The minimum Gasteiger partial charge on any atom is -0.381 e. The summed E-state index contributed by atoms with van der Waals surface area (Å²) in [6.07, 6.45) is 1.29. The molecule has 0 radical (unpaired) electrons. The zero-order valence-corrected chi connectivity index (χ0v) is 14.9. The zero-order valence-electron chi connectivity index (χ0n) is 13.3. The van der Waals surface area contributed by atoms with Crippen molar-refractivity contribution in [2.45, 2.75) is 31.8 Å². The number of aromatic nitrogens is 3. The van der Waals surface area contributed by atoms with Gasteiger partial charge in [0.05, 0.1) is 6.04 Å². The third kappa shape index (κ3) is 3.76. The third-order valence-electron chi connectivity index (χ3n) is 4.12. The van der Waals surface area contributed by atoms with Crippen molar-refractivity contribution in [2.75, 3.05) is 18.5 Å². The van der Waals surface area contributed by atoms with Crippen molar-refractivity contribution in [3.05, 3.63) is 55.3 Å². The van der Waals surface area contributed by atoms with E-state index in [0.717, 1.165) is 10.0 Å². The molecule has 24 heavy (non-hydrogen) atoms. The van der Waals surface area contributed by atoms with Crippen LogP contribution in [0.3, 0.4) is 0 Å². The fourth-order valence-electron chi connectivity index (χ4n) is 2.82. The minimum absolute atomic E-state index is 0.107. The van der Waals surface area contributed by atoms with Gasteiger partial charge in [0.15, 0.2) is 0 Å². The van der Waals surface area contributed by atoms with E-state index in [0.29, 0.717) is 26.1 Å². The highest BCUT2D eigenvalue weighted by atomic mass is 79.9. The first kappa shape index (κ1) is 16.9. The second kappa shape index (κ2) is 7.31. The molecule has 128 valence electrons. The lowest BCUT2D eigenvalue weighted by molar-refractivity contribution is 0.0670. The van der Waals surface area contributed by atoms with Crippen LogP contribution < -0.4 is 16.7 Å². The fourth-order valence-corrected chi connectivity index (χ4v) is 3.24. The van der Waals surface area contributed by atoms with E-state index in [2.05, 4.69) is 31.2 Å². The van der Waals surface area contributed by atoms with Gasteiger partial charge in [0.2, 0.25) is 5.95 Å². The van der Waals surface area contributed by atoms with Crippen LogP contribution in [0.1, 0.15) is 37.4 Å². The Morgan fingerprint density at radius 2 is 2.12 bits per heavy atom. The number of halogens is 1. The molecule has 1 fully saturated rings. The van der Waals surface area contributed by atoms with E-state index in [4.69, 9.17) is 4.74 Å². The van der Waals surface area contributed by atoms with Crippen LogP contribution in [0, 0.1) is 0 Å². The quantitative estimate of drug-likeness (QED) is 0.829. The first-order valence-electron chi connectivity index (χ1n) is 7.87. The summed E-state index contributed by atoms with van der Waals surface area (Å²) in [4.78, 5) is 31.2. The standard InChI is InChI=1S/C16H19BrN4O3/c1-10(11-3-2-4-12(17)9-11)18-14-19-15(22)21(16(23)20-14)13-5-7-24-8-6-13/h2-4,9-10,13H,5-8H2,1H3,(H2,18,19,20,22,23)/t10-/m0/s1. The van der Waals surface area contributed by atoms with Crippen molar-refractivity contribution in [2.24, 2.45) is 0 Å². The number of nitrogens with zero attached hydrogens (tertiary/aromatic N) is 2. The number of hydrogen-bond donors (Lipinski definition) is 2. The Morgan fingerprint density at radius 1 is 1.38 bits per heavy atom. The fraction of sp³-hybridized carbons (Fsp3) is 0.438. The molecule has 0 spiro atoms. The van der Waals surface area contributed by atoms with E-state index >= 15 is 0 Å². The Morgan fingerprint density at radius 3 is 2.79 bits per heavy atom. The van der Waals surface area contributed by atoms with Crippen molar-refractivity contribution in [1.29, 1.82) is 0 Å². The largest absolute Gasteiger partial charge is 0.381 e. The van der Waals surface area contributed by atoms with Crippen molar-refractivity contribution < 1.29 is 4.74 Å². The lowest BCUT2D eigenvalue weighted by Gasteiger charge is -2.23. The number of nitrogens with one attached hydrogen (secondary N) is 2. The summed E-state index contributed by atoms with van der Waals surface area (Å²) in [5.41, 5.74) is 0.0427. The number of benzene rings is 1. The van der Waals surface area contributed by atoms with Crippen LogP contribution in [0.2, 0.25) is 0 Å². The van der Waals surface area contributed by atoms with Gasteiger partial charge in [-0.25, -0.2) is 14.2 Å². The molecule has 1 aromatic carbocycles. The van der Waals surface area contributed by atoms with Gasteiger partial charge in [-0.15, -0.1) is 0 Å². The van der Waals surface area contributed by atoms with Crippen molar-refractivity contribution in [3.8, 4) is 0 Å². The highest BCUT2D eigenvalue weighted by Gasteiger charge is 2.20. The zero-order chi connectivity index (χ0) is 17.1. The van der Waals surface area contributed by atoms with Gasteiger partial charge in [0, 0.05) is 23.7 Å². The maximum Gasteiger partial charge on any atom is 0.355 e. The monoisotopic (exact) mass is 394 g/mol. The first-order chi connectivity index (χ1) is 11.5. The topological polar surface area (TPSA) is 89.0 Å². The van der Waals surface area contributed by atoms with Crippen LogP contribution in [0.15, 0.2) is 38.3 Å². The van der Waals surface area contributed by atoms with Crippen molar-refractivity contribution in [1.82, 2.24) is 14.5 Å². The number of hydrogen-bond acceptors (Lipinski definition) is 5. The molecule has 1 saturated heterocycles. The summed E-state index contributed by atoms with van der Waals surface area (Å²) in [6.45, 7) is 3.04. The third-order valence-corrected chi connectivity index (χ3v) is 4.61. The molecule has 2 N–H and O–H groups in total. The lowest BCUT2D eigenvalue weighted by atomic mass is 10.1. The Bertz CT molecular complexity index is 795. The van der Waals surface area contributed by atoms with Crippen molar-refractivity contribution in [3.63, 3.8) is 0 Å². The van der Waals surface area contributed by atoms with Crippen LogP contribution in [0.4, 0.5) is 5.95 Å². The predicted molar refractivity (Wildman–Crippen MR) is 94.4 cm³/mol. The summed E-state index contributed by atoms with van der Waals surface area (Å²) in [5, 5.41) is 3.07. The second-order valence-electron chi connectivity index (χ2n) is 5.81. The highest BCUT2D eigenvalue weighted by molar-refractivity contribution is 9.10. The van der Waals surface area contributed by atoms with E-state index in [9.17, 15) is 9.59 Å². The maximum atomic E-state index is 12.3. The van der Waals surface area contributed by atoms with Crippen LogP contribution >= 0.6 is 15.9 Å². The molecule has 7 nitrogen and oxygen atoms in total. The molecule has 1 atom stereocenters. The second-order valence-corrected chi connectivity index (χ2v) is 6.72. The van der Waals surface area contributed by atoms with Gasteiger partial charge < -0.3 is 10.1 Å². The van der Waals surface area contributed by atoms with Gasteiger partial charge in [-0.2, -0.15) is 4.98 Å². The Labute approximate surface area is 147 Å². The summed E-state index contributed by atoms with van der Waals surface area (Å²) < 4.78 is 7.43. The SMILES string of the molecule is C[C@H](Nc1nc(=O)n(C2CCOCC2)c(=O)[nH]1)c1cccc(Br)c1. The predicted octanol–water partition coefficient (Wildman–Crippen LogP) is 2.22. The van der Waals surface area contributed by atoms with Crippen LogP contribution in [0.25, 0.3) is 0 Å². The van der Waals surface area contributed by atoms with E-state index in [1.54, 1.807) is 0 Å². The molecule has 0 aliphatic carbocycles. The van der Waals surface area contributed by atoms with Crippen molar-refractivity contribution >= 4 is 21.9 Å². The summed E-state index contributed by atoms with van der Waals surface area (Å²) >= 11 is 3.43. The van der Waals surface area contributed by atoms with Crippen LogP contribution in [-0.2, 0) is 4.74 Å². The molecule has 1 aromatic heterocycles. The summed E-state index contributed by atoms with van der Waals surface area (Å²) in [5.74, 6) is 0.181. The van der Waals surface area contributed by atoms with Gasteiger partial charge in [0.25, 0.3) is 0 Å². The Kier molecular flexibility index (Phi) is 5.15. The van der Waals surface area contributed by atoms with E-state index in [-0.39, 0.29) is 18.0 Å². The van der Waals surface area contributed by atoms with E-state index in [1.807, 2.05) is 31.2 Å². The summed E-state index contributed by atoms with van der Waals surface area (Å²) in [7, 11) is 0. The average molecular weight is 395 g/mol. The molecule has 3 rings (SSSR count). The first-order valence-corrected chi connectivity index (χ1v) is 8.66. The molecule has 2 heterocycles. The Balaban J connectivity index is 1.82. The van der Waals surface area contributed by atoms with Gasteiger partial charge in [-0.1, -0.05) is 28.1 Å². The lowest BCUT2D eigenvalue weighted by Crippen LogP contribution is -2.42. The smallest absolute Gasteiger partial charge is 0.355 e. The molecule has 8 heteroatoms. The van der Waals surface area contributed by atoms with Crippen LogP contribution in [-0.4, -0.2) is 27.7 Å². The van der Waals surface area contributed by atoms with Crippen LogP contribution in [0.5, 0.6) is 0 Å². The molecule has 0 unspecified atom stereocenters. The molecular formula is C16H19BrN4O3. The minimum atomic E-state index is -0.533.